The van der Waals surface area contributed by atoms with Gasteiger partial charge in [-0.3, -0.25) is 9.69 Å². The summed E-state index contributed by atoms with van der Waals surface area (Å²) < 4.78 is 5.66. The number of nitrogens with zero attached hydrogens (tertiary/aromatic N) is 4. The molecule has 0 aliphatic carbocycles. The molecular weight excluding hydrogens is 514 g/mol. The number of anilines is 1. The number of hydrogen-bond acceptors (Lipinski definition) is 5. The molecule has 4 heterocycles. The van der Waals surface area contributed by atoms with Crippen molar-refractivity contribution in [3.05, 3.63) is 47.2 Å². The van der Waals surface area contributed by atoms with E-state index < -0.39 is 5.60 Å². The molecular formula is C30H38ClN5O3. The Balaban J connectivity index is 1.28. The molecule has 2 saturated heterocycles. The molecule has 2 aromatic heterocycles. The molecule has 1 atom stereocenters. The fraction of sp³-hybridized carbons (Fsp3) is 0.500. The summed E-state index contributed by atoms with van der Waals surface area (Å²) in [6, 6.07) is 8.01. The van der Waals surface area contributed by atoms with Gasteiger partial charge in [-0.1, -0.05) is 30.7 Å². The van der Waals surface area contributed by atoms with Gasteiger partial charge in [0, 0.05) is 61.3 Å². The second-order valence-corrected chi connectivity index (χ2v) is 11.9. The number of amides is 2. The lowest BCUT2D eigenvalue weighted by Gasteiger charge is -2.41. The molecule has 0 bridgehead atoms. The zero-order chi connectivity index (χ0) is 27.7. The summed E-state index contributed by atoms with van der Waals surface area (Å²) >= 11 is 6.87. The van der Waals surface area contributed by atoms with Crippen molar-refractivity contribution in [1.82, 2.24) is 19.8 Å². The van der Waals surface area contributed by atoms with Crippen LogP contribution in [0.3, 0.4) is 0 Å². The number of aromatic nitrogens is 2. The van der Waals surface area contributed by atoms with Gasteiger partial charge >= 0.3 is 6.09 Å². The third-order valence-corrected chi connectivity index (χ3v) is 7.99. The number of carbonyl (C=O) groups is 2. The first-order valence-corrected chi connectivity index (χ1v) is 14.3. The zero-order valence-electron chi connectivity index (χ0n) is 23.3. The summed E-state index contributed by atoms with van der Waals surface area (Å²) in [7, 11) is 0. The number of halogens is 1. The van der Waals surface area contributed by atoms with Gasteiger partial charge in [-0.15, -0.1) is 0 Å². The van der Waals surface area contributed by atoms with Gasteiger partial charge in [0.15, 0.2) is 0 Å². The number of benzene rings is 1. The third-order valence-electron chi connectivity index (χ3n) is 7.59. The average molecular weight is 552 g/mol. The summed E-state index contributed by atoms with van der Waals surface area (Å²) in [5, 5.41) is 1.63. The van der Waals surface area contributed by atoms with E-state index in [9.17, 15) is 9.59 Å². The highest BCUT2D eigenvalue weighted by atomic mass is 35.5. The number of carbonyl (C=O) groups excluding carboxylic acids is 2. The molecule has 208 valence electrons. The Morgan fingerprint density at radius 3 is 2.77 bits per heavy atom. The van der Waals surface area contributed by atoms with Crippen molar-refractivity contribution < 1.29 is 14.3 Å². The number of piperazine rings is 1. The number of rotatable bonds is 5. The number of hydrogen-bond donors (Lipinski definition) is 1. The topological polar surface area (TPSA) is 81.8 Å². The number of likely N-dealkylation sites (tertiary alicyclic amines) is 1. The zero-order valence-corrected chi connectivity index (χ0v) is 24.1. The van der Waals surface area contributed by atoms with Crippen molar-refractivity contribution in [2.24, 2.45) is 0 Å². The van der Waals surface area contributed by atoms with Crippen LogP contribution in [0.25, 0.3) is 22.2 Å². The summed E-state index contributed by atoms with van der Waals surface area (Å²) in [6.45, 7) is 10.8. The van der Waals surface area contributed by atoms with Crippen LogP contribution in [0.4, 0.5) is 10.5 Å². The highest BCUT2D eigenvalue weighted by molar-refractivity contribution is 6.38. The Bertz CT molecular complexity index is 1360. The number of H-pyrrole nitrogens is 1. The predicted molar refractivity (Wildman–Crippen MR) is 155 cm³/mol. The molecule has 8 nitrogen and oxygen atoms in total. The van der Waals surface area contributed by atoms with E-state index in [1.807, 2.05) is 61.0 Å². The van der Waals surface area contributed by atoms with Crippen LogP contribution in [-0.2, 0) is 16.0 Å². The Morgan fingerprint density at radius 2 is 2.03 bits per heavy atom. The summed E-state index contributed by atoms with van der Waals surface area (Å²) in [4.78, 5) is 39.8. The first kappa shape index (κ1) is 27.5. The van der Waals surface area contributed by atoms with Crippen LogP contribution in [0.5, 0.6) is 0 Å². The van der Waals surface area contributed by atoms with Gasteiger partial charge in [-0.2, -0.15) is 0 Å². The van der Waals surface area contributed by atoms with Crippen molar-refractivity contribution in [1.29, 1.82) is 0 Å². The van der Waals surface area contributed by atoms with E-state index in [-0.39, 0.29) is 18.0 Å². The van der Waals surface area contributed by atoms with Crippen LogP contribution >= 0.6 is 11.6 Å². The maximum atomic E-state index is 13.3. The van der Waals surface area contributed by atoms with E-state index in [4.69, 9.17) is 16.3 Å². The van der Waals surface area contributed by atoms with Gasteiger partial charge in [0.1, 0.15) is 11.2 Å². The number of fused-ring (bicyclic) bond motifs is 1. The second kappa shape index (κ2) is 11.2. The van der Waals surface area contributed by atoms with Crippen molar-refractivity contribution in [2.75, 3.05) is 37.6 Å². The monoisotopic (exact) mass is 551 g/mol. The largest absolute Gasteiger partial charge is 0.444 e. The number of aryl methyl sites for hydroxylation is 1. The smallest absolute Gasteiger partial charge is 0.410 e. The van der Waals surface area contributed by atoms with E-state index in [1.54, 1.807) is 6.20 Å². The molecule has 2 aliphatic heterocycles. The summed E-state index contributed by atoms with van der Waals surface area (Å²) in [5.74, 6) is 0.0524. The Morgan fingerprint density at radius 1 is 1.21 bits per heavy atom. The van der Waals surface area contributed by atoms with Crippen LogP contribution in [0.1, 0.15) is 52.5 Å². The highest BCUT2D eigenvalue weighted by Crippen LogP contribution is 2.36. The van der Waals surface area contributed by atoms with Gasteiger partial charge in [0.05, 0.1) is 11.6 Å². The number of ether oxygens (including phenoxy) is 1. The molecule has 5 rings (SSSR count). The van der Waals surface area contributed by atoms with Crippen LogP contribution in [0.15, 0.2) is 36.7 Å². The van der Waals surface area contributed by atoms with E-state index in [2.05, 4.69) is 21.8 Å². The third kappa shape index (κ3) is 5.92. The summed E-state index contributed by atoms with van der Waals surface area (Å²) in [6.07, 6.45) is 7.34. The van der Waals surface area contributed by atoms with Crippen molar-refractivity contribution in [2.45, 2.75) is 65.0 Å². The molecule has 2 aliphatic rings. The Labute approximate surface area is 235 Å². The molecule has 1 aromatic carbocycles. The first-order chi connectivity index (χ1) is 18.6. The SMILES string of the molecule is CCc1c[nH]c2ncc(-c3cccc(N4CCN(CC5CCCCN5C(=O)OC(C)(C)C)CC4=O)c3)c(Cl)c12. The van der Waals surface area contributed by atoms with Gasteiger partial charge in [-0.05, 0) is 69.7 Å². The standard InChI is InChI=1S/C30H38ClN5O3/c1-5-20-16-32-28-26(20)27(31)24(17-33-28)21-9-8-11-22(15-21)35-14-13-34(19-25(35)37)18-23-10-6-7-12-36(23)29(38)39-30(2,3)4/h8-9,11,15-17,23H,5-7,10,12-14,18-19H2,1-4H3,(H,32,33). The quantitative estimate of drug-likeness (QED) is 0.428. The lowest BCUT2D eigenvalue weighted by atomic mass is 10.0. The van der Waals surface area contributed by atoms with Crippen LogP contribution in [0.2, 0.25) is 5.02 Å². The van der Waals surface area contributed by atoms with Crippen molar-refractivity contribution >= 4 is 40.3 Å². The molecule has 39 heavy (non-hydrogen) atoms. The molecule has 1 N–H and O–H groups in total. The van der Waals surface area contributed by atoms with Crippen molar-refractivity contribution in [3.63, 3.8) is 0 Å². The summed E-state index contributed by atoms with van der Waals surface area (Å²) in [5.41, 5.74) is 4.03. The Hall–Kier alpha value is -3.10. The number of piperidine rings is 1. The van der Waals surface area contributed by atoms with Gasteiger partial charge in [0.2, 0.25) is 5.91 Å². The molecule has 2 fully saturated rings. The normalized spacial score (nSPS) is 19.1. The highest BCUT2D eigenvalue weighted by Gasteiger charge is 2.34. The number of aromatic amines is 1. The minimum absolute atomic E-state index is 0.0524. The first-order valence-electron chi connectivity index (χ1n) is 13.9. The van der Waals surface area contributed by atoms with E-state index in [0.717, 1.165) is 65.6 Å². The van der Waals surface area contributed by atoms with E-state index in [1.165, 1.54) is 0 Å². The fourth-order valence-electron chi connectivity index (χ4n) is 5.64. The molecule has 2 amide bonds. The minimum Gasteiger partial charge on any atom is -0.444 e. The number of nitrogens with one attached hydrogen (secondary N) is 1. The molecule has 0 saturated carbocycles. The fourth-order valence-corrected chi connectivity index (χ4v) is 6.01. The van der Waals surface area contributed by atoms with Crippen LogP contribution in [-0.4, -0.2) is 76.1 Å². The maximum absolute atomic E-state index is 13.3. The van der Waals surface area contributed by atoms with Gasteiger partial charge in [0.25, 0.3) is 0 Å². The predicted octanol–water partition coefficient (Wildman–Crippen LogP) is 5.88. The number of pyridine rings is 1. The van der Waals surface area contributed by atoms with Crippen LogP contribution < -0.4 is 4.90 Å². The minimum atomic E-state index is -0.527. The molecule has 0 radical (unpaired) electrons. The average Bonchev–Trinajstić information content (AvgIpc) is 3.33. The maximum Gasteiger partial charge on any atom is 0.410 e. The molecule has 1 unspecified atom stereocenters. The lowest BCUT2D eigenvalue weighted by Crippen LogP contribution is -2.56. The van der Waals surface area contributed by atoms with E-state index in [0.29, 0.717) is 31.2 Å². The van der Waals surface area contributed by atoms with E-state index >= 15 is 0 Å². The lowest BCUT2D eigenvalue weighted by molar-refractivity contribution is -0.121. The van der Waals surface area contributed by atoms with Gasteiger partial charge < -0.3 is 19.5 Å². The van der Waals surface area contributed by atoms with Crippen molar-refractivity contribution in [3.8, 4) is 11.1 Å². The second-order valence-electron chi connectivity index (χ2n) is 11.5. The molecule has 3 aromatic rings. The van der Waals surface area contributed by atoms with Crippen LogP contribution in [0, 0.1) is 0 Å². The van der Waals surface area contributed by atoms with Gasteiger partial charge in [-0.25, -0.2) is 9.78 Å². The Kier molecular flexibility index (Phi) is 7.87. The molecule has 0 spiro atoms. The molecule has 9 heteroatoms.